The molecule has 3 heterocycles. The van der Waals surface area contributed by atoms with Crippen LogP contribution in [0.1, 0.15) is 0 Å². The van der Waals surface area contributed by atoms with Gasteiger partial charge in [0, 0.05) is 38.9 Å². The fourth-order valence-electron chi connectivity index (χ4n) is 7.05. The zero-order valence-electron chi connectivity index (χ0n) is 24.6. The van der Waals surface area contributed by atoms with E-state index >= 15 is 0 Å². The quantitative estimate of drug-likeness (QED) is 0.204. The summed E-state index contributed by atoms with van der Waals surface area (Å²) in [4.78, 5) is 2.33. The summed E-state index contributed by atoms with van der Waals surface area (Å²) in [7, 11) is 0. The van der Waals surface area contributed by atoms with Gasteiger partial charge in [-0.2, -0.15) is 0 Å². The Hall–Kier alpha value is -6.26. The van der Waals surface area contributed by atoms with Gasteiger partial charge in [0.1, 0.15) is 33.5 Å². The van der Waals surface area contributed by atoms with E-state index in [4.69, 9.17) is 13.3 Å². The number of para-hydroxylation sites is 3. The topological polar surface area (TPSA) is 42.7 Å². The molecule has 10 rings (SSSR count). The van der Waals surface area contributed by atoms with Crippen LogP contribution in [0.15, 0.2) is 165 Å². The van der Waals surface area contributed by atoms with Crippen LogP contribution in [0.5, 0.6) is 0 Å². The molecule has 0 atom stereocenters. The molecule has 0 radical (unpaired) electrons. The Morgan fingerprint density at radius 2 is 0.957 bits per heavy atom. The number of hydrogen-bond donors (Lipinski definition) is 0. The van der Waals surface area contributed by atoms with Crippen LogP contribution in [0.3, 0.4) is 0 Å². The normalized spacial score (nSPS) is 11.9. The highest BCUT2D eigenvalue weighted by Crippen LogP contribution is 2.49. The Morgan fingerprint density at radius 1 is 0.370 bits per heavy atom. The molecule has 3 aromatic heterocycles. The predicted octanol–water partition coefficient (Wildman–Crippen LogP) is 12.5. The third-order valence-electron chi connectivity index (χ3n) is 9.07. The van der Waals surface area contributed by atoms with Crippen molar-refractivity contribution in [2.45, 2.75) is 0 Å². The summed E-state index contributed by atoms with van der Waals surface area (Å²) in [5, 5.41) is 6.42. The molecule has 4 heteroatoms. The number of nitrogens with zero attached hydrogens (tertiary/aromatic N) is 1. The summed E-state index contributed by atoms with van der Waals surface area (Å²) in [5.74, 6) is 0. The van der Waals surface area contributed by atoms with Gasteiger partial charge in [0.25, 0.3) is 0 Å². The lowest BCUT2D eigenvalue weighted by Crippen LogP contribution is -2.11. The second-order valence-corrected chi connectivity index (χ2v) is 11.7. The maximum Gasteiger partial charge on any atom is 0.145 e. The number of furan rings is 3. The molecule has 0 saturated carbocycles. The number of fused-ring (bicyclic) bond motifs is 9. The minimum Gasteiger partial charge on any atom is -0.456 e. The van der Waals surface area contributed by atoms with E-state index in [-0.39, 0.29) is 0 Å². The van der Waals surface area contributed by atoms with E-state index in [0.29, 0.717) is 0 Å². The number of hydrogen-bond acceptors (Lipinski definition) is 4. The molecule has 4 nitrogen and oxygen atoms in total. The van der Waals surface area contributed by atoms with Gasteiger partial charge in [-0.15, -0.1) is 0 Å². The summed E-state index contributed by atoms with van der Waals surface area (Å²) in [6, 6.07) is 52.3. The van der Waals surface area contributed by atoms with E-state index in [1.54, 1.807) is 0 Å². The molecular formula is C42H25NO3. The molecule has 0 N–H and O–H groups in total. The van der Waals surface area contributed by atoms with Gasteiger partial charge >= 0.3 is 0 Å². The zero-order chi connectivity index (χ0) is 30.2. The minimum atomic E-state index is 0.835. The monoisotopic (exact) mass is 591 g/mol. The lowest BCUT2D eigenvalue weighted by Gasteiger charge is -2.27. The van der Waals surface area contributed by atoms with Crippen molar-refractivity contribution < 1.29 is 13.3 Å². The van der Waals surface area contributed by atoms with Crippen LogP contribution in [0.25, 0.3) is 76.9 Å². The minimum absolute atomic E-state index is 0.835. The van der Waals surface area contributed by atoms with E-state index in [2.05, 4.69) is 108 Å². The number of benzene rings is 7. The summed E-state index contributed by atoms with van der Waals surface area (Å²) < 4.78 is 19.5. The Bertz CT molecular complexity index is 2760. The highest BCUT2D eigenvalue weighted by molar-refractivity contribution is 6.20. The SMILES string of the molecule is c1ccc(-c2ccc(N(c3ccc4c(c3)oc3ccccc34)c3cccc4oc5ccccc5c34)c3c2oc2ccccc23)cc1. The van der Waals surface area contributed by atoms with E-state index in [9.17, 15) is 0 Å². The van der Waals surface area contributed by atoms with Crippen LogP contribution >= 0.6 is 0 Å². The second kappa shape index (κ2) is 9.62. The molecule has 0 saturated heterocycles. The maximum atomic E-state index is 6.69. The van der Waals surface area contributed by atoms with E-state index in [1.165, 1.54) is 0 Å². The van der Waals surface area contributed by atoms with Gasteiger partial charge < -0.3 is 18.2 Å². The van der Waals surface area contributed by atoms with Crippen molar-refractivity contribution in [2.75, 3.05) is 4.90 Å². The molecule has 0 aliphatic carbocycles. The lowest BCUT2D eigenvalue weighted by molar-refractivity contribution is 0.669. The van der Waals surface area contributed by atoms with Crippen molar-refractivity contribution in [3.05, 3.63) is 152 Å². The molecule has 46 heavy (non-hydrogen) atoms. The highest BCUT2D eigenvalue weighted by Gasteiger charge is 2.25. The van der Waals surface area contributed by atoms with Gasteiger partial charge in [0.05, 0.1) is 22.1 Å². The number of anilines is 3. The Labute approximate surface area is 263 Å². The Morgan fingerprint density at radius 3 is 1.76 bits per heavy atom. The van der Waals surface area contributed by atoms with E-state index in [1.807, 2.05) is 48.5 Å². The van der Waals surface area contributed by atoms with Crippen molar-refractivity contribution >= 4 is 82.9 Å². The Balaban J connectivity index is 1.33. The molecule has 0 bridgehead atoms. The van der Waals surface area contributed by atoms with Gasteiger partial charge in [-0.05, 0) is 60.2 Å². The molecule has 7 aromatic carbocycles. The molecule has 0 fully saturated rings. The number of rotatable bonds is 4. The average Bonchev–Trinajstić information content (AvgIpc) is 3.80. The predicted molar refractivity (Wildman–Crippen MR) is 188 cm³/mol. The van der Waals surface area contributed by atoms with Crippen LogP contribution < -0.4 is 4.90 Å². The first-order valence-electron chi connectivity index (χ1n) is 15.4. The summed E-state index contributed by atoms with van der Waals surface area (Å²) in [5.41, 5.74) is 10.3. The van der Waals surface area contributed by atoms with Crippen LogP contribution in [0.4, 0.5) is 17.1 Å². The van der Waals surface area contributed by atoms with E-state index < -0.39 is 0 Å². The largest absolute Gasteiger partial charge is 0.456 e. The fraction of sp³-hybridized carbons (Fsp3) is 0. The lowest BCUT2D eigenvalue weighted by atomic mass is 9.99. The summed E-state index contributed by atoms with van der Waals surface area (Å²) >= 11 is 0. The first kappa shape index (κ1) is 25.1. The smallest absolute Gasteiger partial charge is 0.145 e. The van der Waals surface area contributed by atoms with Crippen molar-refractivity contribution in [3.8, 4) is 11.1 Å². The van der Waals surface area contributed by atoms with Gasteiger partial charge in [0.15, 0.2) is 0 Å². The first-order valence-corrected chi connectivity index (χ1v) is 15.4. The van der Waals surface area contributed by atoms with Gasteiger partial charge in [0.2, 0.25) is 0 Å². The van der Waals surface area contributed by atoms with Crippen LogP contribution in [0, 0.1) is 0 Å². The molecular weight excluding hydrogens is 566 g/mol. The van der Waals surface area contributed by atoms with Crippen molar-refractivity contribution in [3.63, 3.8) is 0 Å². The van der Waals surface area contributed by atoms with Crippen LogP contribution in [0.2, 0.25) is 0 Å². The third kappa shape index (κ3) is 3.61. The second-order valence-electron chi connectivity index (χ2n) is 11.7. The average molecular weight is 592 g/mol. The van der Waals surface area contributed by atoms with E-state index in [0.717, 1.165) is 94.0 Å². The molecule has 0 amide bonds. The maximum absolute atomic E-state index is 6.69. The van der Waals surface area contributed by atoms with Gasteiger partial charge in [-0.25, -0.2) is 0 Å². The summed E-state index contributed by atoms with van der Waals surface area (Å²) in [6.07, 6.45) is 0. The van der Waals surface area contributed by atoms with Crippen LogP contribution in [-0.2, 0) is 0 Å². The first-order chi connectivity index (χ1) is 22.8. The van der Waals surface area contributed by atoms with Crippen molar-refractivity contribution in [1.82, 2.24) is 0 Å². The molecule has 216 valence electrons. The molecule has 10 aromatic rings. The van der Waals surface area contributed by atoms with Gasteiger partial charge in [-0.3, -0.25) is 0 Å². The third-order valence-corrected chi connectivity index (χ3v) is 9.07. The fourth-order valence-corrected chi connectivity index (χ4v) is 7.05. The highest BCUT2D eigenvalue weighted by atomic mass is 16.3. The molecule has 0 spiro atoms. The van der Waals surface area contributed by atoms with Crippen LogP contribution in [-0.4, -0.2) is 0 Å². The summed E-state index contributed by atoms with van der Waals surface area (Å²) in [6.45, 7) is 0. The zero-order valence-corrected chi connectivity index (χ0v) is 24.6. The Kier molecular flexibility index (Phi) is 5.25. The van der Waals surface area contributed by atoms with Crippen molar-refractivity contribution in [1.29, 1.82) is 0 Å². The molecule has 0 unspecified atom stereocenters. The standard InChI is InChI=1S/C42H25NO3/c1-2-11-26(12-3-1)28-23-24-34(41-32-15-6-9-19-37(32)46-42(28)41)43(27-21-22-30-29-13-4-7-17-35(29)45-39(30)25-27)33-16-10-20-38-40(33)31-14-5-8-18-36(31)44-38/h1-25H. The van der Waals surface area contributed by atoms with Gasteiger partial charge in [-0.1, -0.05) is 91.0 Å². The molecule has 0 aliphatic rings. The van der Waals surface area contributed by atoms with Crippen molar-refractivity contribution in [2.24, 2.45) is 0 Å². The molecule has 0 aliphatic heterocycles.